The maximum atomic E-state index is 11.9. The van der Waals surface area contributed by atoms with Crippen LogP contribution < -0.4 is 5.63 Å². The molecule has 23 heavy (non-hydrogen) atoms. The van der Waals surface area contributed by atoms with E-state index in [1.54, 1.807) is 6.07 Å². The molecule has 3 aromatic rings. The molecule has 3 nitrogen and oxygen atoms in total. The molecule has 1 aliphatic rings. The molecule has 4 rings (SSSR count). The monoisotopic (exact) mass is 345 g/mol. The summed E-state index contributed by atoms with van der Waals surface area (Å²) in [5.41, 5.74) is 3.62. The Bertz CT molecular complexity index is 944. The second kappa shape index (κ2) is 5.78. The van der Waals surface area contributed by atoms with Gasteiger partial charge in [0, 0.05) is 41.0 Å². The Balaban J connectivity index is 1.72. The van der Waals surface area contributed by atoms with E-state index in [-0.39, 0.29) is 5.63 Å². The Morgan fingerprint density at radius 1 is 1.35 bits per heavy atom. The molecule has 0 amide bonds. The van der Waals surface area contributed by atoms with Crippen molar-refractivity contribution in [2.75, 3.05) is 6.54 Å². The molecular formula is C18H16ClNO2S. The molecule has 0 radical (unpaired) electrons. The lowest BCUT2D eigenvalue weighted by atomic mass is 10.1. The van der Waals surface area contributed by atoms with Gasteiger partial charge in [0.1, 0.15) is 5.58 Å². The van der Waals surface area contributed by atoms with Gasteiger partial charge in [-0.3, -0.25) is 4.90 Å². The molecule has 2 aromatic heterocycles. The number of thiophene rings is 1. The highest BCUT2D eigenvalue weighted by molar-refractivity contribution is 7.10. The average Bonchev–Trinajstić information content (AvgIpc) is 2.97. The van der Waals surface area contributed by atoms with Crippen molar-refractivity contribution in [3.05, 3.63) is 66.7 Å². The third kappa shape index (κ3) is 2.82. The van der Waals surface area contributed by atoms with Gasteiger partial charge in [0.2, 0.25) is 0 Å². The molecule has 3 heterocycles. The van der Waals surface area contributed by atoms with Crippen molar-refractivity contribution >= 4 is 33.9 Å². The molecule has 0 fully saturated rings. The number of rotatable bonds is 2. The van der Waals surface area contributed by atoms with Crippen molar-refractivity contribution in [1.82, 2.24) is 4.90 Å². The fourth-order valence-corrected chi connectivity index (χ4v) is 4.22. The highest BCUT2D eigenvalue weighted by atomic mass is 35.5. The number of aryl methyl sites for hydroxylation is 1. The van der Waals surface area contributed by atoms with Crippen LogP contribution in [-0.4, -0.2) is 11.4 Å². The minimum atomic E-state index is -0.303. The van der Waals surface area contributed by atoms with Gasteiger partial charge < -0.3 is 4.42 Å². The van der Waals surface area contributed by atoms with Crippen LogP contribution in [0.2, 0.25) is 5.02 Å². The minimum Gasteiger partial charge on any atom is -0.423 e. The third-order valence-corrected chi connectivity index (χ3v) is 5.82. The quantitative estimate of drug-likeness (QED) is 0.646. The molecule has 1 aromatic carbocycles. The molecule has 0 saturated heterocycles. The first-order chi connectivity index (χ1) is 11.1. The standard InChI is InChI=1S/C18H16ClNO2S/c1-11-6-16-14(8-15(11)19)13(7-18(21)22-16)10-20-4-2-17-12(9-20)3-5-23-17/h3,5-8H,2,4,9-10H2,1H3. The molecule has 1 aliphatic heterocycles. The van der Waals surface area contributed by atoms with E-state index < -0.39 is 0 Å². The second-order valence-corrected chi connectivity index (χ2v) is 7.43. The first-order valence-electron chi connectivity index (χ1n) is 7.60. The Labute approximate surface area is 143 Å². The number of benzene rings is 1. The minimum absolute atomic E-state index is 0.303. The normalized spacial score (nSPS) is 15.0. The van der Waals surface area contributed by atoms with Gasteiger partial charge in [0.15, 0.2) is 0 Å². The topological polar surface area (TPSA) is 33.5 Å². The molecular weight excluding hydrogens is 330 g/mol. The van der Waals surface area contributed by atoms with E-state index in [1.165, 1.54) is 10.4 Å². The largest absolute Gasteiger partial charge is 0.423 e. The number of fused-ring (bicyclic) bond motifs is 2. The van der Waals surface area contributed by atoms with Crippen molar-refractivity contribution in [3.63, 3.8) is 0 Å². The number of hydrogen-bond donors (Lipinski definition) is 0. The number of nitrogens with zero attached hydrogens (tertiary/aromatic N) is 1. The van der Waals surface area contributed by atoms with Crippen LogP contribution in [0.1, 0.15) is 21.6 Å². The third-order valence-electron chi connectivity index (χ3n) is 4.39. The van der Waals surface area contributed by atoms with Gasteiger partial charge >= 0.3 is 5.63 Å². The lowest BCUT2D eigenvalue weighted by Crippen LogP contribution is -2.29. The first kappa shape index (κ1) is 14.9. The zero-order chi connectivity index (χ0) is 16.0. The highest BCUT2D eigenvalue weighted by Gasteiger charge is 2.19. The fraction of sp³-hybridized carbons (Fsp3) is 0.278. The summed E-state index contributed by atoms with van der Waals surface area (Å²) in [4.78, 5) is 15.7. The van der Waals surface area contributed by atoms with E-state index in [1.807, 2.05) is 30.4 Å². The van der Waals surface area contributed by atoms with Crippen LogP contribution in [0.25, 0.3) is 11.0 Å². The van der Waals surface area contributed by atoms with E-state index in [0.717, 1.165) is 42.6 Å². The van der Waals surface area contributed by atoms with Gasteiger partial charge in [-0.25, -0.2) is 4.79 Å². The van der Waals surface area contributed by atoms with Crippen LogP contribution in [0.15, 0.2) is 38.9 Å². The van der Waals surface area contributed by atoms with Crippen molar-refractivity contribution in [3.8, 4) is 0 Å². The summed E-state index contributed by atoms with van der Waals surface area (Å²) in [5, 5.41) is 3.78. The van der Waals surface area contributed by atoms with E-state index in [4.69, 9.17) is 16.0 Å². The maximum absolute atomic E-state index is 11.9. The van der Waals surface area contributed by atoms with Crippen LogP contribution in [0.4, 0.5) is 0 Å². The second-order valence-electron chi connectivity index (χ2n) is 6.02. The van der Waals surface area contributed by atoms with Crippen LogP contribution in [0, 0.1) is 6.92 Å². The number of halogens is 1. The van der Waals surface area contributed by atoms with Crippen molar-refractivity contribution in [1.29, 1.82) is 0 Å². The predicted molar refractivity (Wildman–Crippen MR) is 94.4 cm³/mol. The zero-order valence-corrected chi connectivity index (χ0v) is 14.3. The van der Waals surface area contributed by atoms with Crippen LogP contribution in [0.5, 0.6) is 0 Å². The molecule has 0 aliphatic carbocycles. The summed E-state index contributed by atoms with van der Waals surface area (Å²) >= 11 is 8.10. The molecule has 118 valence electrons. The van der Waals surface area contributed by atoms with Crippen molar-refractivity contribution in [2.45, 2.75) is 26.4 Å². The Morgan fingerprint density at radius 3 is 3.09 bits per heavy atom. The van der Waals surface area contributed by atoms with E-state index in [9.17, 15) is 4.79 Å². The molecule has 0 atom stereocenters. The van der Waals surface area contributed by atoms with Gasteiger partial charge in [-0.15, -0.1) is 11.3 Å². The predicted octanol–water partition coefficient (Wildman–Crippen LogP) is 4.37. The Kier molecular flexibility index (Phi) is 3.76. The summed E-state index contributed by atoms with van der Waals surface area (Å²) in [6.07, 6.45) is 1.08. The zero-order valence-electron chi connectivity index (χ0n) is 12.8. The van der Waals surface area contributed by atoms with Crippen molar-refractivity contribution < 1.29 is 4.42 Å². The summed E-state index contributed by atoms with van der Waals surface area (Å²) in [6.45, 7) is 4.59. The smallest absolute Gasteiger partial charge is 0.336 e. The average molecular weight is 346 g/mol. The first-order valence-corrected chi connectivity index (χ1v) is 8.86. The summed E-state index contributed by atoms with van der Waals surface area (Å²) in [5.74, 6) is 0. The van der Waals surface area contributed by atoms with E-state index >= 15 is 0 Å². The van der Waals surface area contributed by atoms with Gasteiger partial charge in [0.05, 0.1) is 0 Å². The van der Waals surface area contributed by atoms with Crippen molar-refractivity contribution in [2.24, 2.45) is 0 Å². The van der Waals surface area contributed by atoms with Gasteiger partial charge in [-0.2, -0.15) is 0 Å². The SMILES string of the molecule is Cc1cc2oc(=O)cc(CN3CCc4sccc4C3)c2cc1Cl. The Hall–Kier alpha value is -1.62. The van der Waals surface area contributed by atoms with Gasteiger partial charge in [-0.05, 0) is 53.6 Å². The molecule has 0 unspecified atom stereocenters. The fourth-order valence-electron chi connectivity index (χ4n) is 3.16. The molecule has 0 saturated carbocycles. The van der Waals surface area contributed by atoms with E-state index in [0.29, 0.717) is 10.6 Å². The summed E-state index contributed by atoms with van der Waals surface area (Å²) in [6, 6.07) is 7.54. The lowest BCUT2D eigenvalue weighted by Gasteiger charge is -2.27. The Morgan fingerprint density at radius 2 is 2.22 bits per heavy atom. The molecule has 0 spiro atoms. The number of hydrogen-bond acceptors (Lipinski definition) is 4. The highest BCUT2D eigenvalue weighted by Crippen LogP contribution is 2.28. The molecule has 0 bridgehead atoms. The maximum Gasteiger partial charge on any atom is 0.336 e. The van der Waals surface area contributed by atoms with Crippen LogP contribution in [0.3, 0.4) is 0 Å². The van der Waals surface area contributed by atoms with Crippen LogP contribution >= 0.6 is 22.9 Å². The van der Waals surface area contributed by atoms with E-state index in [2.05, 4.69) is 16.3 Å². The molecule has 0 N–H and O–H groups in total. The van der Waals surface area contributed by atoms with Gasteiger partial charge in [-0.1, -0.05) is 11.6 Å². The van der Waals surface area contributed by atoms with Gasteiger partial charge in [0.25, 0.3) is 0 Å². The lowest BCUT2D eigenvalue weighted by molar-refractivity contribution is 0.248. The molecule has 5 heteroatoms. The van der Waals surface area contributed by atoms with Crippen LogP contribution in [-0.2, 0) is 19.5 Å². The summed E-state index contributed by atoms with van der Waals surface area (Å²) in [7, 11) is 0. The summed E-state index contributed by atoms with van der Waals surface area (Å²) < 4.78 is 5.34.